The molecule has 1 amide bonds. The molecule has 0 aromatic rings. The average molecular weight is 263 g/mol. The van der Waals surface area contributed by atoms with Crippen molar-refractivity contribution in [3.8, 4) is 0 Å². The van der Waals surface area contributed by atoms with Gasteiger partial charge >= 0.3 is 5.97 Å². The molecule has 1 aliphatic heterocycles. The summed E-state index contributed by atoms with van der Waals surface area (Å²) in [6.45, 7) is 0. The first-order valence-corrected chi connectivity index (χ1v) is 6.88. The molecule has 1 fully saturated rings. The highest BCUT2D eigenvalue weighted by Gasteiger charge is 2.26. The molecule has 90 valence electrons. The van der Waals surface area contributed by atoms with Crippen LogP contribution in [0, 0.1) is 0 Å². The average Bonchev–Trinajstić information content (AvgIpc) is 2.64. The van der Waals surface area contributed by atoms with Crippen LogP contribution in [0.15, 0.2) is 0 Å². The van der Waals surface area contributed by atoms with E-state index in [0.717, 1.165) is 5.75 Å². The van der Waals surface area contributed by atoms with Gasteiger partial charge in [-0.15, -0.1) is 11.8 Å². The van der Waals surface area contributed by atoms with Crippen molar-refractivity contribution in [2.24, 2.45) is 0 Å². The lowest BCUT2D eigenvalue weighted by Crippen LogP contribution is -2.38. The van der Waals surface area contributed by atoms with E-state index in [1.807, 2.05) is 0 Å². The van der Waals surface area contributed by atoms with Crippen molar-refractivity contribution >= 4 is 40.5 Å². The number of methoxy groups -OCH3 is 1. The van der Waals surface area contributed by atoms with Crippen molar-refractivity contribution in [1.29, 1.82) is 0 Å². The number of hydrogen-bond donors (Lipinski definition) is 1. The predicted octanol–water partition coefficient (Wildman–Crippen LogP) is 0.0409. The first kappa shape index (κ1) is 13.4. The van der Waals surface area contributed by atoms with E-state index in [-0.39, 0.29) is 34.5 Å². The van der Waals surface area contributed by atoms with Gasteiger partial charge in [-0.1, -0.05) is 11.8 Å². The normalized spacial score (nSPS) is 19.6. The summed E-state index contributed by atoms with van der Waals surface area (Å²) in [6.07, 6.45) is 0.691. The highest BCUT2D eigenvalue weighted by molar-refractivity contribution is 8.14. The third-order valence-corrected chi connectivity index (χ3v) is 3.87. The molecular weight excluding hydrogens is 250 g/mol. The maximum absolute atomic E-state index is 11.4. The molecule has 0 aromatic heterocycles. The zero-order valence-electron chi connectivity index (χ0n) is 8.86. The molecule has 0 unspecified atom stereocenters. The van der Waals surface area contributed by atoms with Crippen LogP contribution in [0.5, 0.6) is 0 Å². The minimum absolute atomic E-state index is 0.0197. The van der Waals surface area contributed by atoms with Crippen LogP contribution in [0.4, 0.5) is 0 Å². The second-order valence-corrected chi connectivity index (χ2v) is 5.23. The first-order chi connectivity index (χ1) is 7.63. The SMILES string of the molecule is COC(=O)CSCC(=O)N[C@@H]1CCSC1=O. The van der Waals surface area contributed by atoms with Crippen molar-refractivity contribution in [2.75, 3.05) is 24.4 Å². The fourth-order valence-corrected chi connectivity index (χ4v) is 2.74. The van der Waals surface area contributed by atoms with Gasteiger partial charge in [-0.2, -0.15) is 0 Å². The van der Waals surface area contributed by atoms with Gasteiger partial charge in [0.2, 0.25) is 11.0 Å². The lowest BCUT2D eigenvalue weighted by atomic mass is 10.2. The molecule has 0 aliphatic carbocycles. The van der Waals surface area contributed by atoms with E-state index in [1.165, 1.54) is 30.6 Å². The molecule has 1 rings (SSSR count). The highest BCUT2D eigenvalue weighted by Crippen LogP contribution is 2.19. The molecule has 0 radical (unpaired) electrons. The molecule has 1 saturated heterocycles. The minimum atomic E-state index is -0.356. The van der Waals surface area contributed by atoms with E-state index in [0.29, 0.717) is 6.42 Å². The number of hydrogen-bond acceptors (Lipinski definition) is 6. The molecule has 0 aromatic carbocycles. The molecule has 0 bridgehead atoms. The van der Waals surface area contributed by atoms with Crippen molar-refractivity contribution in [1.82, 2.24) is 5.32 Å². The van der Waals surface area contributed by atoms with Crippen LogP contribution in [0.25, 0.3) is 0 Å². The van der Waals surface area contributed by atoms with Crippen molar-refractivity contribution in [3.05, 3.63) is 0 Å². The van der Waals surface area contributed by atoms with Crippen molar-refractivity contribution in [2.45, 2.75) is 12.5 Å². The quantitative estimate of drug-likeness (QED) is 0.706. The predicted molar refractivity (Wildman–Crippen MR) is 63.4 cm³/mol. The van der Waals surface area contributed by atoms with Crippen LogP contribution in [-0.4, -0.2) is 47.4 Å². The van der Waals surface area contributed by atoms with E-state index in [9.17, 15) is 14.4 Å². The van der Waals surface area contributed by atoms with Crippen LogP contribution in [0.1, 0.15) is 6.42 Å². The molecule has 7 heteroatoms. The maximum atomic E-state index is 11.4. The number of esters is 1. The summed E-state index contributed by atoms with van der Waals surface area (Å²) in [6, 6.07) is -0.351. The van der Waals surface area contributed by atoms with Crippen LogP contribution < -0.4 is 5.32 Å². The molecule has 16 heavy (non-hydrogen) atoms. The topological polar surface area (TPSA) is 72.5 Å². The van der Waals surface area contributed by atoms with E-state index in [4.69, 9.17) is 0 Å². The van der Waals surface area contributed by atoms with Crippen LogP contribution in [0.3, 0.4) is 0 Å². The smallest absolute Gasteiger partial charge is 0.315 e. The molecule has 0 spiro atoms. The summed E-state index contributed by atoms with van der Waals surface area (Å²) >= 11 is 2.42. The second-order valence-electron chi connectivity index (χ2n) is 3.15. The van der Waals surface area contributed by atoms with Gasteiger partial charge < -0.3 is 10.1 Å². The largest absolute Gasteiger partial charge is 0.468 e. The molecule has 1 atom stereocenters. The minimum Gasteiger partial charge on any atom is -0.468 e. The molecule has 1 N–H and O–H groups in total. The molecule has 1 aliphatic rings. The van der Waals surface area contributed by atoms with Gasteiger partial charge in [0, 0.05) is 5.75 Å². The number of amides is 1. The third kappa shape index (κ3) is 4.44. The number of rotatable bonds is 5. The van der Waals surface area contributed by atoms with Crippen molar-refractivity contribution < 1.29 is 19.1 Å². The van der Waals surface area contributed by atoms with E-state index in [1.54, 1.807) is 0 Å². The number of ether oxygens (including phenoxy) is 1. The van der Waals surface area contributed by atoms with Crippen LogP contribution in [-0.2, 0) is 19.1 Å². The van der Waals surface area contributed by atoms with Crippen molar-refractivity contribution in [3.63, 3.8) is 0 Å². The molecular formula is C9H13NO4S2. The summed E-state index contributed by atoms with van der Waals surface area (Å²) in [5.41, 5.74) is 0. The summed E-state index contributed by atoms with van der Waals surface area (Å²) in [5, 5.41) is 2.66. The molecule has 1 heterocycles. The Morgan fingerprint density at radius 1 is 1.56 bits per heavy atom. The van der Waals surface area contributed by atoms with Crippen LogP contribution in [0.2, 0.25) is 0 Å². The number of thioether (sulfide) groups is 2. The van der Waals surface area contributed by atoms with Gasteiger partial charge in [-0.25, -0.2) is 0 Å². The monoisotopic (exact) mass is 263 g/mol. The van der Waals surface area contributed by atoms with Gasteiger partial charge in [-0.3, -0.25) is 14.4 Å². The Balaban J connectivity index is 2.16. The fourth-order valence-electron chi connectivity index (χ4n) is 1.15. The Morgan fingerprint density at radius 2 is 2.31 bits per heavy atom. The molecule has 5 nitrogen and oxygen atoms in total. The van der Waals surface area contributed by atoms with E-state index < -0.39 is 0 Å². The van der Waals surface area contributed by atoms with E-state index >= 15 is 0 Å². The summed E-state index contributed by atoms with van der Waals surface area (Å²) < 4.78 is 4.43. The Kier molecular flexibility index (Phi) is 5.68. The second kappa shape index (κ2) is 6.80. The Labute approximate surface area is 102 Å². The zero-order chi connectivity index (χ0) is 12.0. The molecule has 0 saturated carbocycles. The highest BCUT2D eigenvalue weighted by atomic mass is 32.2. The van der Waals surface area contributed by atoms with Gasteiger partial charge in [-0.05, 0) is 6.42 Å². The summed E-state index contributed by atoms with van der Waals surface area (Å²) in [4.78, 5) is 33.3. The van der Waals surface area contributed by atoms with Gasteiger partial charge in [0.1, 0.15) is 0 Å². The first-order valence-electron chi connectivity index (χ1n) is 4.74. The van der Waals surface area contributed by atoms with Gasteiger partial charge in [0.05, 0.1) is 24.7 Å². The zero-order valence-corrected chi connectivity index (χ0v) is 10.5. The summed E-state index contributed by atoms with van der Waals surface area (Å²) in [5.74, 6) is 0.514. The van der Waals surface area contributed by atoms with E-state index in [2.05, 4.69) is 10.1 Å². The number of nitrogens with one attached hydrogen (secondary N) is 1. The van der Waals surface area contributed by atoms with Gasteiger partial charge in [0.15, 0.2) is 0 Å². The third-order valence-electron chi connectivity index (χ3n) is 1.95. The Bertz CT molecular complexity index is 295. The Morgan fingerprint density at radius 3 is 2.88 bits per heavy atom. The number of carbonyl (C=O) groups is 3. The maximum Gasteiger partial charge on any atom is 0.315 e. The fraction of sp³-hybridized carbons (Fsp3) is 0.667. The van der Waals surface area contributed by atoms with Crippen LogP contribution >= 0.6 is 23.5 Å². The van der Waals surface area contributed by atoms with Gasteiger partial charge in [0.25, 0.3) is 0 Å². The summed E-state index contributed by atoms with van der Waals surface area (Å²) in [7, 11) is 1.30. The number of carbonyl (C=O) groups excluding carboxylic acids is 3. The standard InChI is InChI=1S/C9H13NO4S2/c1-14-8(12)5-15-4-7(11)10-6-2-3-16-9(6)13/h6H,2-5H2,1H3,(H,10,11)/t6-/m1/s1. The Hall–Kier alpha value is -0.690. The lowest BCUT2D eigenvalue weighted by molar-refractivity contribution is -0.137. The lowest BCUT2D eigenvalue weighted by Gasteiger charge is -2.09.